The maximum Gasteiger partial charge on any atom is 0.222 e. The van der Waals surface area contributed by atoms with Gasteiger partial charge in [0.1, 0.15) is 17.0 Å². The first-order valence-corrected chi connectivity index (χ1v) is 4.27. The molecule has 4 nitrogen and oxygen atoms in total. The molecule has 1 rings (SSSR count). The first-order chi connectivity index (χ1) is 6.54. The van der Waals surface area contributed by atoms with Crippen LogP contribution < -0.4 is 5.32 Å². The van der Waals surface area contributed by atoms with E-state index in [0.717, 1.165) is 0 Å². The van der Waals surface area contributed by atoms with Gasteiger partial charge in [0.25, 0.3) is 0 Å². The Bertz CT molecular complexity index is 400. The standard InChI is InChI=1S/C9H8ClN3O/c1-5-3-8(12-6(2)14)13-9(10)7(5)4-11/h3H,1-2H3,(H,12,13,14). The minimum Gasteiger partial charge on any atom is -0.311 e. The average Bonchev–Trinajstić information content (AvgIpc) is 2.01. The molecule has 0 aliphatic rings. The molecule has 1 aromatic heterocycles. The van der Waals surface area contributed by atoms with Crippen molar-refractivity contribution in [1.82, 2.24) is 4.98 Å². The lowest BCUT2D eigenvalue weighted by atomic mass is 10.2. The van der Waals surface area contributed by atoms with Crippen LogP contribution in [0.3, 0.4) is 0 Å². The number of rotatable bonds is 1. The zero-order chi connectivity index (χ0) is 10.7. The number of nitrogens with zero attached hydrogens (tertiary/aromatic N) is 2. The number of nitriles is 1. The molecule has 0 atom stereocenters. The highest BCUT2D eigenvalue weighted by molar-refractivity contribution is 6.30. The van der Waals surface area contributed by atoms with Gasteiger partial charge in [0.15, 0.2) is 0 Å². The number of pyridine rings is 1. The SMILES string of the molecule is CC(=O)Nc1cc(C)c(C#N)c(Cl)n1. The summed E-state index contributed by atoms with van der Waals surface area (Å²) in [5, 5.41) is 11.3. The summed E-state index contributed by atoms with van der Waals surface area (Å²) in [4.78, 5) is 14.6. The van der Waals surface area contributed by atoms with Crippen LogP contribution in [0.2, 0.25) is 5.15 Å². The fourth-order valence-corrected chi connectivity index (χ4v) is 1.29. The van der Waals surface area contributed by atoms with E-state index in [1.807, 2.05) is 6.07 Å². The van der Waals surface area contributed by atoms with Gasteiger partial charge in [-0.3, -0.25) is 4.79 Å². The molecule has 0 unspecified atom stereocenters. The molecular formula is C9H8ClN3O. The zero-order valence-corrected chi connectivity index (χ0v) is 8.51. The number of carbonyl (C=O) groups is 1. The molecule has 1 heterocycles. The fourth-order valence-electron chi connectivity index (χ4n) is 1.01. The molecule has 0 bridgehead atoms. The Balaban J connectivity index is 3.15. The number of anilines is 1. The summed E-state index contributed by atoms with van der Waals surface area (Å²) in [6.07, 6.45) is 0. The third-order valence-electron chi connectivity index (χ3n) is 1.59. The number of amides is 1. The van der Waals surface area contributed by atoms with Crippen LogP contribution in [0.15, 0.2) is 6.07 Å². The number of halogens is 1. The van der Waals surface area contributed by atoms with Gasteiger partial charge in [-0.25, -0.2) is 4.98 Å². The molecule has 0 saturated heterocycles. The van der Waals surface area contributed by atoms with E-state index in [9.17, 15) is 4.79 Å². The van der Waals surface area contributed by atoms with Gasteiger partial charge in [0, 0.05) is 6.92 Å². The molecule has 1 amide bonds. The van der Waals surface area contributed by atoms with E-state index in [0.29, 0.717) is 16.9 Å². The van der Waals surface area contributed by atoms with E-state index in [2.05, 4.69) is 10.3 Å². The summed E-state index contributed by atoms with van der Waals surface area (Å²) in [5.41, 5.74) is 1.03. The van der Waals surface area contributed by atoms with Crippen molar-refractivity contribution >= 4 is 23.3 Å². The molecular weight excluding hydrogens is 202 g/mol. The summed E-state index contributed by atoms with van der Waals surface area (Å²) in [6, 6.07) is 3.54. The summed E-state index contributed by atoms with van der Waals surface area (Å²) in [5.74, 6) is 0.136. The number of nitrogens with one attached hydrogen (secondary N) is 1. The van der Waals surface area contributed by atoms with Crippen molar-refractivity contribution in [3.63, 3.8) is 0 Å². The van der Waals surface area contributed by atoms with Gasteiger partial charge in [-0.15, -0.1) is 0 Å². The second kappa shape index (κ2) is 4.07. The number of aryl methyl sites for hydroxylation is 1. The lowest BCUT2D eigenvalue weighted by Crippen LogP contribution is -2.08. The van der Waals surface area contributed by atoms with Gasteiger partial charge in [-0.2, -0.15) is 5.26 Å². The Morgan fingerprint density at radius 3 is 2.79 bits per heavy atom. The molecule has 14 heavy (non-hydrogen) atoms. The minimum atomic E-state index is -0.224. The lowest BCUT2D eigenvalue weighted by molar-refractivity contribution is -0.114. The molecule has 72 valence electrons. The maximum atomic E-state index is 10.7. The molecule has 0 aliphatic carbocycles. The summed E-state index contributed by atoms with van der Waals surface area (Å²) in [6.45, 7) is 3.11. The fraction of sp³-hybridized carbons (Fsp3) is 0.222. The summed E-state index contributed by atoms with van der Waals surface area (Å²) >= 11 is 5.73. The van der Waals surface area contributed by atoms with Gasteiger partial charge < -0.3 is 5.32 Å². The topological polar surface area (TPSA) is 65.8 Å². The van der Waals surface area contributed by atoms with Crippen molar-refractivity contribution in [3.8, 4) is 6.07 Å². The van der Waals surface area contributed by atoms with Crippen molar-refractivity contribution in [3.05, 3.63) is 22.3 Å². The molecule has 1 N–H and O–H groups in total. The molecule has 0 radical (unpaired) electrons. The van der Waals surface area contributed by atoms with E-state index in [-0.39, 0.29) is 11.1 Å². The van der Waals surface area contributed by atoms with Crippen LogP contribution in [0.5, 0.6) is 0 Å². The number of carbonyl (C=O) groups excluding carboxylic acids is 1. The van der Waals surface area contributed by atoms with Gasteiger partial charge >= 0.3 is 0 Å². The van der Waals surface area contributed by atoms with Crippen molar-refractivity contribution in [2.75, 3.05) is 5.32 Å². The van der Waals surface area contributed by atoms with Crippen LogP contribution in [0.25, 0.3) is 0 Å². The second-order valence-electron chi connectivity index (χ2n) is 2.78. The number of hydrogen-bond acceptors (Lipinski definition) is 3. The van der Waals surface area contributed by atoms with Gasteiger partial charge in [-0.05, 0) is 18.6 Å². The Labute approximate surface area is 86.5 Å². The number of hydrogen-bond donors (Lipinski definition) is 1. The molecule has 0 aromatic carbocycles. The summed E-state index contributed by atoms with van der Waals surface area (Å²) in [7, 11) is 0. The maximum absolute atomic E-state index is 10.7. The zero-order valence-electron chi connectivity index (χ0n) is 7.76. The Hall–Kier alpha value is -1.60. The van der Waals surface area contributed by atoms with Crippen LogP contribution in [-0.2, 0) is 4.79 Å². The third-order valence-corrected chi connectivity index (χ3v) is 1.86. The van der Waals surface area contributed by atoms with Crippen molar-refractivity contribution in [1.29, 1.82) is 5.26 Å². The molecule has 0 aliphatic heterocycles. The predicted molar refractivity (Wildman–Crippen MR) is 53.0 cm³/mol. The van der Waals surface area contributed by atoms with E-state index in [1.165, 1.54) is 6.92 Å². The highest BCUT2D eigenvalue weighted by atomic mass is 35.5. The number of aromatic nitrogens is 1. The van der Waals surface area contributed by atoms with Crippen LogP contribution in [-0.4, -0.2) is 10.9 Å². The van der Waals surface area contributed by atoms with E-state index >= 15 is 0 Å². The Kier molecular flexibility index (Phi) is 3.05. The Morgan fingerprint density at radius 2 is 2.36 bits per heavy atom. The summed E-state index contributed by atoms with van der Waals surface area (Å²) < 4.78 is 0. The van der Waals surface area contributed by atoms with Crippen molar-refractivity contribution in [2.24, 2.45) is 0 Å². The second-order valence-corrected chi connectivity index (χ2v) is 3.14. The first-order valence-electron chi connectivity index (χ1n) is 3.89. The minimum absolute atomic E-state index is 0.108. The predicted octanol–water partition coefficient (Wildman–Crippen LogP) is 1.87. The largest absolute Gasteiger partial charge is 0.311 e. The molecule has 0 spiro atoms. The van der Waals surface area contributed by atoms with Gasteiger partial charge in [-0.1, -0.05) is 11.6 Å². The van der Waals surface area contributed by atoms with E-state index in [1.54, 1.807) is 13.0 Å². The molecule has 1 aromatic rings. The van der Waals surface area contributed by atoms with Crippen LogP contribution >= 0.6 is 11.6 Å². The van der Waals surface area contributed by atoms with Crippen LogP contribution in [0.4, 0.5) is 5.82 Å². The highest BCUT2D eigenvalue weighted by Gasteiger charge is 2.07. The Morgan fingerprint density at radius 1 is 1.71 bits per heavy atom. The molecule has 0 fully saturated rings. The van der Waals surface area contributed by atoms with Crippen molar-refractivity contribution in [2.45, 2.75) is 13.8 Å². The lowest BCUT2D eigenvalue weighted by Gasteiger charge is -2.04. The van der Waals surface area contributed by atoms with Gasteiger partial charge in [0.2, 0.25) is 5.91 Å². The van der Waals surface area contributed by atoms with E-state index in [4.69, 9.17) is 16.9 Å². The molecule has 0 saturated carbocycles. The smallest absolute Gasteiger partial charge is 0.222 e. The highest BCUT2D eigenvalue weighted by Crippen LogP contribution is 2.19. The quantitative estimate of drug-likeness (QED) is 0.718. The van der Waals surface area contributed by atoms with Crippen LogP contribution in [0.1, 0.15) is 18.1 Å². The van der Waals surface area contributed by atoms with E-state index < -0.39 is 0 Å². The monoisotopic (exact) mass is 209 g/mol. The normalized spacial score (nSPS) is 9.29. The average molecular weight is 210 g/mol. The molecule has 5 heteroatoms. The van der Waals surface area contributed by atoms with Crippen LogP contribution in [0, 0.1) is 18.3 Å². The van der Waals surface area contributed by atoms with Gasteiger partial charge in [0.05, 0.1) is 5.56 Å². The van der Waals surface area contributed by atoms with Crippen molar-refractivity contribution < 1.29 is 4.79 Å². The third kappa shape index (κ3) is 2.21. The first kappa shape index (κ1) is 10.5.